The molecule has 0 bridgehead atoms. The minimum Gasteiger partial charge on any atom is -0.354 e. The van der Waals surface area contributed by atoms with Crippen molar-refractivity contribution in [3.05, 3.63) is 30.1 Å². The van der Waals surface area contributed by atoms with Crippen LogP contribution in [0.15, 0.2) is 24.4 Å². The van der Waals surface area contributed by atoms with E-state index in [2.05, 4.69) is 4.98 Å². The minimum absolute atomic E-state index is 0.0183. The van der Waals surface area contributed by atoms with Crippen LogP contribution in [0.2, 0.25) is 0 Å². The summed E-state index contributed by atoms with van der Waals surface area (Å²) in [6.07, 6.45) is 2.57. The smallest absolute Gasteiger partial charge is 0.152 e. The fourth-order valence-corrected chi connectivity index (χ4v) is 4.53. The third-order valence-corrected chi connectivity index (χ3v) is 5.64. The van der Waals surface area contributed by atoms with Crippen LogP contribution < -0.4 is 10.6 Å². The van der Waals surface area contributed by atoms with E-state index in [1.165, 1.54) is 0 Å². The maximum absolute atomic E-state index is 11.6. The van der Waals surface area contributed by atoms with Crippen LogP contribution in [0.5, 0.6) is 0 Å². The van der Waals surface area contributed by atoms with Gasteiger partial charge in [0.15, 0.2) is 15.7 Å². The van der Waals surface area contributed by atoms with Gasteiger partial charge in [-0.2, -0.15) is 0 Å². The second kappa shape index (κ2) is 4.75. The highest BCUT2D eigenvalue weighted by Crippen LogP contribution is 2.26. The largest absolute Gasteiger partial charge is 0.354 e. The average Bonchev–Trinajstić information content (AvgIpc) is 2.97. The number of anilines is 1. The number of nitrogens with two attached hydrogens (primary N) is 1. The Kier molecular flexibility index (Phi) is 3.18. The zero-order valence-corrected chi connectivity index (χ0v) is 12.2. The molecule has 7 heteroatoms. The van der Waals surface area contributed by atoms with Gasteiger partial charge in [-0.15, -0.1) is 0 Å². The second-order valence-corrected chi connectivity index (χ2v) is 7.41. The molecule has 6 nitrogen and oxygen atoms in total. The van der Waals surface area contributed by atoms with Crippen LogP contribution in [0.4, 0.5) is 5.82 Å². The summed E-state index contributed by atoms with van der Waals surface area (Å²) in [5, 5.41) is 0. The lowest BCUT2D eigenvalue weighted by atomic mass is 10.2. The molecule has 108 valence electrons. The van der Waals surface area contributed by atoms with Gasteiger partial charge in [-0.1, -0.05) is 6.07 Å². The van der Waals surface area contributed by atoms with Crippen LogP contribution in [0.25, 0.3) is 5.65 Å². The molecule has 2 aromatic rings. The van der Waals surface area contributed by atoms with E-state index in [4.69, 9.17) is 5.73 Å². The van der Waals surface area contributed by atoms with E-state index in [1.54, 1.807) is 0 Å². The van der Waals surface area contributed by atoms with E-state index in [1.807, 2.05) is 40.7 Å². The molecule has 0 saturated carbocycles. The lowest BCUT2D eigenvalue weighted by molar-refractivity contribution is 0.600. The lowest BCUT2D eigenvalue weighted by Crippen LogP contribution is -2.33. The third kappa shape index (κ3) is 2.16. The van der Waals surface area contributed by atoms with Gasteiger partial charge in [0.1, 0.15) is 5.65 Å². The molecule has 2 aromatic heterocycles. The van der Waals surface area contributed by atoms with Gasteiger partial charge in [0.05, 0.1) is 17.2 Å². The fraction of sp³-hybridized carbons (Fsp3) is 0.462. The molecule has 1 saturated heterocycles. The first-order chi connectivity index (χ1) is 9.52. The van der Waals surface area contributed by atoms with Crippen molar-refractivity contribution in [3.63, 3.8) is 0 Å². The molecule has 1 unspecified atom stereocenters. The molecule has 20 heavy (non-hydrogen) atoms. The summed E-state index contributed by atoms with van der Waals surface area (Å²) in [5.74, 6) is 1.23. The van der Waals surface area contributed by atoms with E-state index < -0.39 is 9.84 Å². The first-order valence-electron chi connectivity index (χ1n) is 6.61. The molecule has 1 aliphatic rings. The first kappa shape index (κ1) is 13.4. The topological polar surface area (TPSA) is 80.7 Å². The third-order valence-electron chi connectivity index (χ3n) is 3.89. The van der Waals surface area contributed by atoms with Crippen molar-refractivity contribution < 1.29 is 8.42 Å². The monoisotopic (exact) mass is 294 g/mol. The summed E-state index contributed by atoms with van der Waals surface area (Å²) in [6.45, 7) is 0.365. The highest BCUT2D eigenvalue weighted by atomic mass is 32.2. The second-order valence-electron chi connectivity index (χ2n) is 5.18. The highest BCUT2D eigenvalue weighted by Gasteiger charge is 2.32. The lowest BCUT2D eigenvalue weighted by Gasteiger charge is -2.24. The molecule has 1 fully saturated rings. The van der Waals surface area contributed by atoms with E-state index in [9.17, 15) is 8.42 Å². The molecule has 1 aliphatic heterocycles. The summed E-state index contributed by atoms with van der Waals surface area (Å²) in [4.78, 5) is 6.55. The molecular formula is C13H18N4O2S. The Labute approximate surface area is 118 Å². The first-order valence-corrected chi connectivity index (χ1v) is 8.43. The molecule has 0 spiro atoms. The van der Waals surface area contributed by atoms with Crippen molar-refractivity contribution in [2.24, 2.45) is 5.73 Å². The van der Waals surface area contributed by atoms with Crippen molar-refractivity contribution in [3.8, 4) is 0 Å². The number of nitrogens with zero attached hydrogens (tertiary/aromatic N) is 3. The number of imidazole rings is 1. The molecule has 2 N–H and O–H groups in total. The Balaban J connectivity index is 2.01. The number of hydrogen-bond acceptors (Lipinski definition) is 5. The van der Waals surface area contributed by atoms with Crippen LogP contribution >= 0.6 is 0 Å². The van der Waals surface area contributed by atoms with Crippen molar-refractivity contribution in [2.45, 2.75) is 19.0 Å². The molecule has 0 aliphatic carbocycles. The zero-order chi connectivity index (χ0) is 14.3. The Hall–Kier alpha value is -1.60. The van der Waals surface area contributed by atoms with Crippen LogP contribution in [0.1, 0.15) is 12.1 Å². The van der Waals surface area contributed by atoms with Crippen LogP contribution in [0.3, 0.4) is 0 Å². The molecular weight excluding hydrogens is 276 g/mol. The van der Waals surface area contributed by atoms with Crippen molar-refractivity contribution in [2.75, 3.05) is 23.5 Å². The molecule has 0 amide bonds. The van der Waals surface area contributed by atoms with Crippen molar-refractivity contribution in [1.29, 1.82) is 0 Å². The highest BCUT2D eigenvalue weighted by molar-refractivity contribution is 7.91. The van der Waals surface area contributed by atoms with Gasteiger partial charge in [0.2, 0.25) is 0 Å². The normalized spacial score (nSPS) is 21.4. The van der Waals surface area contributed by atoms with Crippen molar-refractivity contribution in [1.82, 2.24) is 9.38 Å². The summed E-state index contributed by atoms with van der Waals surface area (Å²) in [6, 6.07) is 5.75. The predicted octanol–water partition coefficient (Wildman–Crippen LogP) is 0.416. The van der Waals surface area contributed by atoms with Gasteiger partial charge in [-0.25, -0.2) is 13.4 Å². The van der Waals surface area contributed by atoms with Gasteiger partial charge in [0, 0.05) is 25.8 Å². The standard InChI is InChI=1S/C13H18N4O2S/c1-16(10-5-7-20(18,19)9-10)13-11(8-14)17-6-3-2-4-12(17)15-13/h2-4,6,10H,5,7-9,14H2,1H3. The average molecular weight is 294 g/mol. The van der Waals surface area contributed by atoms with E-state index in [0.29, 0.717) is 13.0 Å². The van der Waals surface area contributed by atoms with Gasteiger partial charge >= 0.3 is 0 Å². The van der Waals surface area contributed by atoms with Crippen LogP contribution in [-0.4, -0.2) is 42.4 Å². The summed E-state index contributed by atoms with van der Waals surface area (Å²) in [7, 11) is -1.01. The number of pyridine rings is 1. The minimum atomic E-state index is -2.91. The van der Waals surface area contributed by atoms with Gasteiger partial charge in [0.25, 0.3) is 0 Å². The molecule has 3 heterocycles. The molecule has 0 aromatic carbocycles. The van der Waals surface area contributed by atoms with Crippen molar-refractivity contribution >= 4 is 21.3 Å². The van der Waals surface area contributed by atoms with Gasteiger partial charge < -0.3 is 15.0 Å². The number of aromatic nitrogens is 2. The number of fused-ring (bicyclic) bond motifs is 1. The fourth-order valence-electron chi connectivity index (χ4n) is 2.76. The Morgan fingerprint density at radius 2 is 2.30 bits per heavy atom. The summed E-state index contributed by atoms with van der Waals surface area (Å²) in [5.41, 5.74) is 7.58. The van der Waals surface area contributed by atoms with Gasteiger partial charge in [-0.05, 0) is 18.6 Å². The zero-order valence-electron chi connectivity index (χ0n) is 11.4. The predicted molar refractivity (Wildman–Crippen MR) is 78.5 cm³/mol. The van der Waals surface area contributed by atoms with E-state index >= 15 is 0 Å². The maximum Gasteiger partial charge on any atom is 0.152 e. The van der Waals surface area contributed by atoms with E-state index in [-0.39, 0.29) is 17.5 Å². The molecule has 1 atom stereocenters. The van der Waals surface area contributed by atoms with Crippen LogP contribution in [0, 0.1) is 0 Å². The molecule has 3 rings (SSSR count). The van der Waals surface area contributed by atoms with Gasteiger partial charge in [-0.3, -0.25) is 0 Å². The van der Waals surface area contributed by atoms with Crippen LogP contribution in [-0.2, 0) is 16.4 Å². The Bertz CT molecular complexity index is 738. The maximum atomic E-state index is 11.6. The number of hydrogen-bond donors (Lipinski definition) is 1. The SMILES string of the molecule is CN(c1nc2ccccn2c1CN)C1CCS(=O)(=O)C1. The number of rotatable bonds is 3. The summed E-state index contributed by atoms with van der Waals surface area (Å²) < 4.78 is 25.2. The molecule has 0 radical (unpaired) electrons. The number of sulfone groups is 1. The van der Waals surface area contributed by atoms with E-state index in [0.717, 1.165) is 17.2 Å². The quantitative estimate of drug-likeness (QED) is 0.887. The Morgan fingerprint density at radius 3 is 2.95 bits per heavy atom. The summed E-state index contributed by atoms with van der Waals surface area (Å²) >= 11 is 0. The Morgan fingerprint density at radius 1 is 1.50 bits per heavy atom.